The van der Waals surface area contributed by atoms with E-state index in [4.69, 9.17) is 23.2 Å². The minimum absolute atomic E-state index is 0.0567. The molecule has 0 atom stereocenters. The third kappa shape index (κ3) is 5.66. The fraction of sp³-hybridized carbons (Fsp3) is 0.278. The molecule has 0 saturated heterocycles. The van der Waals surface area contributed by atoms with Gasteiger partial charge in [0.25, 0.3) is 5.69 Å². The van der Waals surface area contributed by atoms with Gasteiger partial charge in [-0.15, -0.1) is 0 Å². The Morgan fingerprint density at radius 3 is 2.52 bits per heavy atom. The zero-order valence-electron chi connectivity index (χ0n) is 15.7. The SMILES string of the molecule is CCCN(CC(=O)Nc1cc(Cl)ccc1Cl)S(=O)(=O)c1cc([N+](=O)[O-])ccc1C. The Balaban J connectivity index is 2.32. The minimum atomic E-state index is -4.15. The van der Waals surface area contributed by atoms with E-state index in [9.17, 15) is 23.3 Å². The average Bonchev–Trinajstić information content (AvgIpc) is 2.64. The van der Waals surface area contributed by atoms with E-state index in [0.717, 1.165) is 10.4 Å². The number of amides is 1. The highest BCUT2D eigenvalue weighted by molar-refractivity contribution is 7.89. The number of nitrogens with zero attached hydrogens (tertiary/aromatic N) is 2. The lowest BCUT2D eigenvalue weighted by atomic mass is 10.2. The summed E-state index contributed by atoms with van der Waals surface area (Å²) in [6.07, 6.45) is 0.443. The maximum Gasteiger partial charge on any atom is 0.270 e. The van der Waals surface area contributed by atoms with Gasteiger partial charge in [0.1, 0.15) is 0 Å². The lowest BCUT2D eigenvalue weighted by Crippen LogP contribution is -2.38. The predicted molar refractivity (Wildman–Crippen MR) is 112 cm³/mol. The van der Waals surface area contributed by atoms with Crippen LogP contribution in [0.25, 0.3) is 0 Å². The number of aryl methyl sites for hydroxylation is 1. The van der Waals surface area contributed by atoms with E-state index in [1.165, 1.54) is 31.2 Å². The lowest BCUT2D eigenvalue weighted by Gasteiger charge is -2.22. The molecule has 156 valence electrons. The van der Waals surface area contributed by atoms with E-state index >= 15 is 0 Å². The Hall–Kier alpha value is -2.20. The molecule has 1 N–H and O–H groups in total. The maximum atomic E-state index is 13.1. The smallest absolute Gasteiger partial charge is 0.270 e. The largest absolute Gasteiger partial charge is 0.324 e. The topological polar surface area (TPSA) is 110 Å². The summed E-state index contributed by atoms with van der Waals surface area (Å²) in [5.41, 5.74) is 0.250. The van der Waals surface area contributed by atoms with Crippen LogP contribution in [0, 0.1) is 17.0 Å². The average molecular weight is 460 g/mol. The summed E-state index contributed by atoms with van der Waals surface area (Å²) in [7, 11) is -4.15. The Morgan fingerprint density at radius 2 is 1.90 bits per heavy atom. The molecule has 0 radical (unpaired) electrons. The molecule has 0 fully saturated rings. The van der Waals surface area contributed by atoms with E-state index in [0.29, 0.717) is 17.0 Å². The monoisotopic (exact) mass is 459 g/mol. The molecule has 0 heterocycles. The Bertz CT molecular complexity index is 1040. The first-order chi connectivity index (χ1) is 13.6. The maximum absolute atomic E-state index is 13.1. The summed E-state index contributed by atoms with van der Waals surface area (Å²) in [6, 6.07) is 8.10. The molecular formula is C18H19Cl2N3O5S. The summed E-state index contributed by atoms with van der Waals surface area (Å²) < 4.78 is 27.2. The number of nitro benzene ring substituents is 1. The van der Waals surface area contributed by atoms with Crippen molar-refractivity contribution in [2.24, 2.45) is 0 Å². The molecule has 2 aromatic rings. The normalized spacial score (nSPS) is 11.5. The van der Waals surface area contributed by atoms with Gasteiger partial charge in [0.2, 0.25) is 15.9 Å². The van der Waals surface area contributed by atoms with Crippen LogP contribution in [0.5, 0.6) is 0 Å². The molecule has 0 aliphatic heterocycles. The number of halogens is 2. The number of carbonyl (C=O) groups excluding carboxylic acids is 1. The number of non-ortho nitro benzene ring substituents is 1. The number of anilines is 1. The number of carbonyl (C=O) groups is 1. The van der Waals surface area contributed by atoms with Crippen molar-refractivity contribution in [2.75, 3.05) is 18.4 Å². The minimum Gasteiger partial charge on any atom is -0.324 e. The number of hydrogen-bond donors (Lipinski definition) is 1. The molecule has 0 aromatic heterocycles. The van der Waals surface area contributed by atoms with E-state index in [2.05, 4.69) is 5.32 Å². The molecular weight excluding hydrogens is 441 g/mol. The second kappa shape index (κ2) is 9.53. The number of nitro groups is 1. The van der Waals surface area contributed by atoms with Crippen molar-refractivity contribution in [3.05, 3.63) is 62.1 Å². The van der Waals surface area contributed by atoms with Gasteiger partial charge < -0.3 is 5.32 Å². The number of sulfonamides is 1. The molecule has 2 rings (SSSR count). The zero-order chi connectivity index (χ0) is 21.8. The van der Waals surface area contributed by atoms with E-state index in [1.807, 2.05) is 0 Å². The van der Waals surface area contributed by atoms with Crippen LogP contribution in [-0.4, -0.2) is 36.6 Å². The van der Waals surface area contributed by atoms with Crippen LogP contribution in [-0.2, 0) is 14.8 Å². The molecule has 29 heavy (non-hydrogen) atoms. The van der Waals surface area contributed by atoms with E-state index < -0.39 is 27.4 Å². The molecule has 0 spiro atoms. The molecule has 1 amide bonds. The summed E-state index contributed by atoms with van der Waals surface area (Å²) >= 11 is 11.9. The number of nitrogens with one attached hydrogen (secondary N) is 1. The first-order valence-electron chi connectivity index (χ1n) is 8.56. The number of benzene rings is 2. The van der Waals surface area contributed by atoms with Crippen molar-refractivity contribution in [3.63, 3.8) is 0 Å². The predicted octanol–water partition coefficient (Wildman–Crippen LogP) is 4.25. The van der Waals surface area contributed by atoms with Crippen LogP contribution < -0.4 is 5.32 Å². The summed E-state index contributed by atoms with van der Waals surface area (Å²) in [6.45, 7) is 2.86. The molecule has 0 aliphatic rings. The highest BCUT2D eigenvalue weighted by Crippen LogP contribution is 2.27. The fourth-order valence-corrected chi connectivity index (χ4v) is 4.67. The van der Waals surface area contributed by atoms with Gasteiger partial charge in [-0.3, -0.25) is 14.9 Å². The summed E-state index contributed by atoms with van der Waals surface area (Å²) in [4.78, 5) is 22.6. The molecule has 8 nitrogen and oxygen atoms in total. The van der Waals surface area contributed by atoms with Crippen molar-refractivity contribution in [3.8, 4) is 0 Å². The Kier molecular flexibility index (Phi) is 7.59. The van der Waals surface area contributed by atoms with Crippen LogP contribution >= 0.6 is 23.2 Å². The standard InChI is InChI=1S/C18H19Cl2N3O5S/c1-3-8-22(11-18(24)21-16-9-13(19)5-7-15(16)20)29(27,28)17-10-14(23(25)26)6-4-12(17)2/h4-7,9-10H,3,8,11H2,1-2H3,(H,21,24). The second-order valence-corrected chi connectivity index (χ2v) is 8.97. The molecule has 0 aliphatic carbocycles. The summed E-state index contributed by atoms with van der Waals surface area (Å²) in [5, 5.41) is 14.2. The van der Waals surface area contributed by atoms with Crippen molar-refractivity contribution in [2.45, 2.75) is 25.2 Å². The first kappa shape index (κ1) is 23.1. The molecule has 0 saturated carbocycles. The van der Waals surface area contributed by atoms with Crippen LogP contribution in [0.3, 0.4) is 0 Å². The van der Waals surface area contributed by atoms with Gasteiger partial charge in [-0.05, 0) is 37.1 Å². The van der Waals surface area contributed by atoms with Gasteiger partial charge in [0.15, 0.2) is 0 Å². The van der Waals surface area contributed by atoms with Gasteiger partial charge in [0.05, 0.1) is 27.1 Å². The number of rotatable bonds is 8. The Morgan fingerprint density at radius 1 is 1.21 bits per heavy atom. The van der Waals surface area contributed by atoms with Gasteiger partial charge in [-0.2, -0.15) is 4.31 Å². The van der Waals surface area contributed by atoms with Crippen LogP contribution in [0.2, 0.25) is 10.0 Å². The number of hydrogen-bond acceptors (Lipinski definition) is 5. The highest BCUT2D eigenvalue weighted by atomic mass is 35.5. The molecule has 0 unspecified atom stereocenters. The fourth-order valence-electron chi connectivity index (χ4n) is 2.60. The van der Waals surface area contributed by atoms with E-state index in [-0.39, 0.29) is 27.8 Å². The van der Waals surface area contributed by atoms with Crippen LogP contribution in [0.15, 0.2) is 41.3 Å². The third-order valence-corrected chi connectivity index (χ3v) is 6.55. The summed E-state index contributed by atoms with van der Waals surface area (Å²) in [5.74, 6) is -0.616. The van der Waals surface area contributed by atoms with Crippen molar-refractivity contribution in [1.29, 1.82) is 0 Å². The van der Waals surface area contributed by atoms with Crippen LogP contribution in [0.4, 0.5) is 11.4 Å². The van der Waals surface area contributed by atoms with Crippen molar-refractivity contribution in [1.82, 2.24) is 4.31 Å². The Labute approximate surface area is 178 Å². The van der Waals surface area contributed by atoms with Crippen molar-refractivity contribution >= 4 is 50.5 Å². The third-order valence-electron chi connectivity index (χ3n) is 4.00. The molecule has 0 bridgehead atoms. The lowest BCUT2D eigenvalue weighted by molar-refractivity contribution is -0.385. The quantitative estimate of drug-likeness (QED) is 0.468. The van der Waals surface area contributed by atoms with Crippen molar-refractivity contribution < 1.29 is 18.1 Å². The first-order valence-corrected chi connectivity index (χ1v) is 10.8. The molecule has 2 aromatic carbocycles. The second-order valence-electron chi connectivity index (χ2n) is 6.22. The van der Waals surface area contributed by atoms with Gasteiger partial charge in [-0.25, -0.2) is 8.42 Å². The zero-order valence-corrected chi connectivity index (χ0v) is 18.0. The molecule has 11 heteroatoms. The highest BCUT2D eigenvalue weighted by Gasteiger charge is 2.29. The van der Waals surface area contributed by atoms with Gasteiger partial charge >= 0.3 is 0 Å². The van der Waals surface area contributed by atoms with Gasteiger partial charge in [-0.1, -0.05) is 36.2 Å². The van der Waals surface area contributed by atoms with E-state index in [1.54, 1.807) is 13.0 Å². The van der Waals surface area contributed by atoms with Crippen LogP contribution in [0.1, 0.15) is 18.9 Å². The van der Waals surface area contributed by atoms with Gasteiger partial charge in [0, 0.05) is 23.7 Å².